The first-order chi connectivity index (χ1) is 15.2. The molecule has 4 heterocycles. The molecule has 0 aliphatic carbocycles. The van der Waals surface area contributed by atoms with Gasteiger partial charge >= 0.3 is 0 Å². The van der Waals surface area contributed by atoms with E-state index in [1.54, 1.807) is 10.9 Å². The molecule has 160 valence electrons. The number of amides is 2. The SMILES string of the molecule is O=C(c1cnn(-c2ccccc2)c1-n1cccc1)N1CCC(C(=O)N2CCCC2)CC1. The zero-order chi connectivity index (χ0) is 21.2. The Morgan fingerprint density at radius 3 is 2.19 bits per heavy atom. The molecule has 0 unspecified atom stereocenters. The number of carbonyl (C=O) groups excluding carboxylic acids is 2. The molecule has 0 saturated carbocycles. The van der Waals surface area contributed by atoms with Crippen molar-refractivity contribution < 1.29 is 9.59 Å². The van der Waals surface area contributed by atoms with Gasteiger partial charge in [-0.25, -0.2) is 4.68 Å². The fourth-order valence-corrected chi connectivity index (χ4v) is 4.67. The highest BCUT2D eigenvalue weighted by atomic mass is 16.2. The maximum atomic E-state index is 13.5. The normalized spacial score (nSPS) is 17.3. The summed E-state index contributed by atoms with van der Waals surface area (Å²) in [6.07, 6.45) is 9.18. The minimum Gasteiger partial charge on any atom is -0.342 e. The van der Waals surface area contributed by atoms with E-state index < -0.39 is 0 Å². The number of aromatic nitrogens is 3. The van der Waals surface area contributed by atoms with Crippen molar-refractivity contribution in [3.63, 3.8) is 0 Å². The van der Waals surface area contributed by atoms with Crippen LogP contribution in [-0.2, 0) is 4.79 Å². The molecule has 7 nitrogen and oxygen atoms in total. The predicted octanol–water partition coefficient (Wildman–Crippen LogP) is 3.14. The fraction of sp³-hybridized carbons (Fsp3) is 0.375. The number of benzene rings is 1. The highest BCUT2D eigenvalue weighted by molar-refractivity contribution is 5.97. The van der Waals surface area contributed by atoms with Gasteiger partial charge in [0.25, 0.3) is 5.91 Å². The third-order valence-electron chi connectivity index (χ3n) is 6.37. The maximum Gasteiger partial charge on any atom is 0.259 e. The van der Waals surface area contributed by atoms with E-state index in [2.05, 4.69) is 5.10 Å². The molecule has 2 saturated heterocycles. The molecule has 5 rings (SSSR count). The first kappa shape index (κ1) is 19.6. The van der Waals surface area contributed by atoms with Crippen LogP contribution in [0.4, 0.5) is 0 Å². The second-order valence-electron chi connectivity index (χ2n) is 8.32. The Balaban J connectivity index is 1.36. The summed E-state index contributed by atoms with van der Waals surface area (Å²) < 4.78 is 3.73. The molecule has 2 aliphatic heterocycles. The van der Waals surface area contributed by atoms with Crippen LogP contribution in [0.1, 0.15) is 36.0 Å². The number of para-hydroxylation sites is 1. The lowest BCUT2D eigenvalue weighted by atomic mass is 9.95. The van der Waals surface area contributed by atoms with Gasteiger partial charge in [-0.3, -0.25) is 9.59 Å². The molecule has 31 heavy (non-hydrogen) atoms. The number of carbonyl (C=O) groups is 2. The van der Waals surface area contributed by atoms with Gasteiger partial charge in [0, 0.05) is 44.5 Å². The Kier molecular flexibility index (Phi) is 5.32. The Morgan fingerprint density at radius 2 is 1.52 bits per heavy atom. The Morgan fingerprint density at radius 1 is 0.839 bits per heavy atom. The molecule has 0 N–H and O–H groups in total. The molecule has 2 aliphatic rings. The number of rotatable bonds is 4. The van der Waals surface area contributed by atoms with Crippen molar-refractivity contribution in [1.29, 1.82) is 0 Å². The third kappa shape index (κ3) is 3.76. The molecule has 2 aromatic heterocycles. The summed E-state index contributed by atoms with van der Waals surface area (Å²) in [6, 6.07) is 13.7. The first-order valence-corrected chi connectivity index (χ1v) is 11.1. The van der Waals surface area contributed by atoms with Gasteiger partial charge in [-0.05, 0) is 49.9 Å². The Hall–Kier alpha value is -3.35. The lowest BCUT2D eigenvalue weighted by molar-refractivity contribution is -0.135. The van der Waals surface area contributed by atoms with Crippen LogP contribution < -0.4 is 0 Å². The second kappa shape index (κ2) is 8.41. The lowest BCUT2D eigenvalue weighted by Crippen LogP contribution is -2.43. The maximum absolute atomic E-state index is 13.5. The van der Waals surface area contributed by atoms with Crippen LogP contribution in [0.5, 0.6) is 0 Å². The van der Waals surface area contributed by atoms with Crippen molar-refractivity contribution in [2.24, 2.45) is 5.92 Å². The quantitative estimate of drug-likeness (QED) is 0.655. The summed E-state index contributed by atoms with van der Waals surface area (Å²) in [4.78, 5) is 30.0. The first-order valence-electron chi connectivity index (χ1n) is 11.1. The van der Waals surface area contributed by atoms with E-state index in [0.29, 0.717) is 18.7 Å². The zero-order valence-electron chi connectivity index (χ0n) is 17.6. The van der Waals surface area contributed by atoms with Crippen LogP contribution >= 0.6 is 0 Å². The van der Waals surface area contributed by atoms with Crippen molar-refractivity contribution in [3.8, 4) is 11.5 Å². The van der Waals surface area contributed by atoms with Gasteiger partial charge in [-0.2, -0.15) is 5.10 Å². The molecule has 1 aromatic carbocycles. The number of piperidine rings is 1. The van der Waals surface area contributed by atoms with Crippen LogP contribution in [0.3, 0.4) is 0 Å². The standard InChI is InChI=1S/C24H27N5O2/c30-23(27-14-6-7-15-27)19-10-16-28(17-11-19)24(31)21-18-25-29(20-8-2-1-3-9-20)22(21)26-12-4-5-13-26/h1-5,8-9,12-13,18-19H,6-7,10-11,14-17H2. The van der Waals surface area contributed by atoms with Crippen molar-refractivity contribution in [3.05, 3.63) is 66.6 Å². The third-order valence-corrected chi connectivity index (χ3v) is 6.37. The van der Waals surface area contributed by atoms with Crippen LogP contribution in [0.2, 0.25) is 0 Å². The number of nitrogens with zero attached hydrogens (tertiary/aromatic N) is 5. The monoisotopic (exact) mass is 417 g/mol. The molecule has 2 amide bonds. The van der Waals surface area contributed by atoms with Crippen molar-refractivity contribution in [1.82, 2.24) is 24.1 Å². The number of hydrogen-bond acceptors (Lipinski definition) is 3. The van der Waals surface area contributed by atoms with E-state index in [-0.39, 0.29) is 17.7 Å². The minimum absolute atomic E-state index is 0.0297. The smallest absolute Gasteiger partial charge is 0.259 e. The average molecular weight is 418 g/mol. The molecule has 0 atom stereocenters. The summed E-state index contributed by atoms with van der Waals surface area (Å²) in [6.45, 7) is 2.98. The van der Waals surface area contributed by atoms with E-state index in [1.807, 2.05) is 69.2 Å². The van der Waals surface area contributed by atoms with Crippen LogP contribution in [0.25, 0.3) is 11.5 Å². The molecular formula is C24H27N5O2. The molecule has 2 fully saturated rings. The van der Waals surface area contributed by atoms with Gasteiger partial charge in [0.05, 0.1) is 11.9 Å². The van der Waals surface area contributed by atoms with E-state index in [1.165, 1.54) is 0 Å². The van der Waals surface area contributed by atoms with Crippen molar-refractivity contribution in [2.45, 2.75) is 25.7 Å². The zero-order valence-corrected chi connectivity index (χ0v) is 17.6. The Labute approximate surface area is 181 Å². The van der Waals surface area contributed by atoms with Gasteiger partial charge in [0.15, 0.2) is 5.82 Å². The van der Waals surface area contributed by atoms with Crippen LogP contribution in [-0.4, -0.2) is 62.1 Å². The second-order valence-corrected chi connectivity index (χ2v) is 8.32. The van der Waals surface area contributed by atoms with Gasteiger partial charge in [0.1, 0.15) is 5.56 Å². The summed E-state index contributed by atoms with van der Waals surface area (Å²) >= 11 is 0. The van der Waals surface area contributed by atoms with E-state index >= 15 is 0 Å². The number of hydrogen-bond donors (Lipinski definition) is 0. The van der Waals surface area contributed by atoms with E-state index in [0.717, 1.165) is 50.3 Å². The highest BCUT2D eigenvalue weighted by Crippen LogP contribution is 2.26. The summed E-state index contributed by atoms with van der Waals surface area (Å²) in [5.41, 5.74) is 1.48. The average Bonchev–Trinajstić information content (AvgIpc) is 3.60. The molecule has 3 aromatic rings. The summed E-state index contributed by atoms with van der Waals surface area (Å²) in [7, 11) is 0. The fourth-order valence-electron chi connectivity index (χ4n) is 4.67. The van der Waals surface area contributed by atoms with E-state index in [4.69, 9.17) is 0 Å². The Bertz CT molecular complexity index is 1040. The predicted molar refractivity (Wildman–Crippen MR) is 117 cm³/mol. The van der Waals surface area contributed by atoms with Gasteiger partial charge < -0.3 is 14.4 Å². The number of likely N-dealkylation sites (tertiary alicyclic amines) is 2. The molecular weight excluding hydrogens is 390 g/mol. The van der Waals surface area contributed by atoms with Crippen LogP contribution in [0.15, 0.2) is 61.1 Å². The highest BCUT2D eigenvalue weighted by Gasteiger charge is 2.33. The van der Waals surface area contributed by atoms with Gasteiger partial charge in [0.2, 0.25) is 5.91 Å². The van der Waals surface area contributed by atoms with E-state index in [9.17, 15) is 9.59 Å². The largest absolute Gasteiger partial charge is 0.342 e. The molecule has 0 radical (unpaired) electrons. The van der Waals surface area contributed by atoms with Crippen molar-refractivity contribution >= 4 is 11.8 Å². The topological polar surface area (TPSA) is 63.4 Å². The van der Waals surface area contributed by atoms with Gasteiger partial charge in [-0.1, -0.05) is 18.2 Å². The summed E-state index contributed by atoms with van der Waals surface area (Å²) in [5.74, 6) is 1.02. The minimum atomic E-state index is -0.0297. The van der Waals surface area contributed by atoms with Crippen LogP contribution in [0, 0.1) is 5.92 Å². The molecule has 0 spiro atoms. The van der Waals surface area contributed by atoms with Crippen molar-refractivity contribution in [2.75, 3.05) is 26.2 Å². The summed E-state index contributed by atoms with van der Waals surface area (Å²) in [5, 5.41) is 4.54. The molecule has 0 bridgehead atoms. The lowest BCUT2D eigenvalue weighted by Gasteiger charge is -2.33. The molecule has 7 heteroatoms. The van der Waals surface area contributed by atoms with Gasteiger partial charge in [-0.15, -0.1) is 0 Å².